The van der Waals surface area contributed by atoms with Crippen LogP contribution < -0.4 is 10.6 Å². The van der Waals surface area contributed by atoms with Crippen molar-refractivity contribution in [2.24, 2.45) is 4.99 Å². The highest BCUT2D eigenvalue weighted by atomic mass is 16.5. The van der Waals surface area contributed by atoms with E-state index < -0.39 is 0 Å². The van der Waals surface area contributed by atoms with Gasteiger partial charge in [0.05, 0.1) is 19.8 Å². The van der Waals surface area contributed by atoms with E-state index in [1.807, 2.05) is 6.92 Å². The van der Waals surface area contributed by atoms with Crippen LogP contribution in [0, 0.1) is 0 Å². The largest absolute Gasteiger partial charge is 0.379 e. The zero-order valence-corrected chi connectivity index (χ0v) is 11.4. The molecule has 0 unspecified atom stereocenters. The van der Waals surface area contributed by atoms with Crippen molar-refractivity contribution in [3.05, 3.63) is 0 Å². The minimum absolute atomic E-state index is 0.658. The van der Waals surface area contributed by atoms with Crippen LogP contribution in [0.5, 0.6) is 0 Å². The van der Waals surface area contributed by atoms with E-state index in [0.29, 0.717) is 19.8 Å². The number of hydrogen-bond acceptors (Lipinski definition) is 3. The van der Waals surface area contributed by atoms with Gasteiger partial charge < -0.3 is 20.1 Å². The Morgan fingerprint density at radius 2 is 1.71 bits per heavy atom. The van der Waals surface area contributed by atoms with Crippen molar-refractivity contribution in [3.63, 3.8) is 0 Å². The SMILES string of the molecule is CCCCOCCOCCNC(=NC)NCC. The van der Waals surface area contributed by atoms with Gasteiger partial charge in [-0.2, -0.15) is 0 Å². The van der Waals surface area contributed by atoms with Gasteiger partial charge in [-0.05, 0) is 13.3 Å². The van der Waals surface area contributed by atoms with Gasteiger partial charge in [0.1, 0.15) is 0 Å². The molecule has 0 amide bonds. The van der Waals surface area contributed by atoms with Gasteiger partial charge in [0.2, 0.25) is 0 Å². The third-order valence-electron chi connectivity index (χ3n) is 2.12. The highest BCUT2D eigenvalue weighted by molar-refractivity contribution is 5.79. The van der Waals surface area contributed by atoms with Crippen LogP contribution in [0.2, 0.25) is 0 Å². The molecule has 0 aromatic heterocycles. The van der Waals surface area contributed by atoms with E-state index in [0.717, 1.165) is 32.1 Å². The Balaban J connectivity index is 3.17. The van der Waals surface area contributed by atoms with Gasteiger partial charge in [-0.15, -0.1) is 0 Å². The predicted molar refractivity (Wildman–Crippen MR) is 71.6 cm³/mol. The molecule has 0 heterocycles. The molecule has 0 saturated heterocycles. The minimum atomic E-state index is 0.658. The first-order valence-electron chi connectivity index (χ1n) is 6.45. The Hall–Kier alpha value is -0.810. The second kappa shape index (κ2) is 13.3. The Kier molecular flexibility index (Phi) is 12.6. The lowest BCUT2D eigenvalue weighted by atomic mass is 10.4. The topological polar surface area (TPSA) is 54.9 Å². The molecular formula is C12H27N3O2. The van der Waals surface area contributed by atoms with Gasteiger partial charge in [0, 0.05) is 26.7 Å². The molecule has 0 aromatic rings. The van der Waals surface area contributed by atoms with Crippen molar-refractivity contribution >= 4 is 5.96 Å². The number of aliphatic imine (C=N–C) groups is 1. The Labute approximate surface area is 105 Å². The summed E-state index contributed by atoms with van der Waals surface area (Å²) >= 11 is 0. The van der Waals surface area contributed by atoms with Crippen molar-refractivity contribution in [3.8, 4) is 0 Å². The Bertz CT molecular complexity index is 187. The van der Waals surface area contributed by atoms with Crippen LogP contribution in [-0.4, -0.2) is 52.5 Å². The molecule has 0 spiro atoms. The second-order valence-corrected chi connectivity index (χ2v) is 3.61. The molecule has 0 fully saturated rings. The molecule has 0 bridgehead atoms. The fourth-order valence-electron chi connectivity index (χ4n) is 1.20. The van der Waals surface area contributed by atoms with Crippen LogP contribution in [0.15, 0.2) is 4.99 Å². The molecule has 0 aliphatic heterocycles. The summed E-state index contributed by atoms with van der Waals surface area (Å²) in [6.07, 6.45) is 2.30. The van der Waals surface area contributed by atoms with E-state index in [1.165, 1.54) is 6.42 Å². The van der Waals surface area contributed by atoms with Gasteiger partial charge in [-0.25, -0.2) is 0 Å². The zero-order valence-electron chi connectivity index (χ0n) is 11.4. The average molecular weight is 245 g/mol. The van der Waals surface area contributed by atoms with Crippen molar-refractivity contribution in [1.29, 1.82) is 0 Å². The maximum atomic E-state index is 5.42. The van der Waals surface area contributed by atoms with Crippen molar-refractivity contribution in [2.45, 2.75) is 26.7 Å². The van der Waals surface area contributed by atoms with Crippen molar-refractivity contribution in [1.82, 2.24) is 10.6 Å². The molecule has 17 heavy (non-hydrogen) atoms. The third-order valence-corrected chi connectivity index (χ3v) is 2.12. The lowest BCUT2D eigenvalue weighted by molar-refractivity contribution is 0.0487. The molecule has 2 N–H and O–H groups in total. The van der Waals surface area contributed by atoms with Crippen LogP contribution in [-0.2, 0) is 9.47 Å². The molecule has 0 radical (unpaired) electrons. The zero-order chi connectivity index (χ0) is 12.8. The van der Waals surface area contributed by atoms with E-state index in [9.17, 15) is 0 Å². The maximum Gasteiger partial charge on any atom is 0.191 e. The summed E-state index contributed by atoms with van der Waals surface area (Å²) in [6.45, 7) is 8.67. The summed E-state index contributed by atoms with van der Waals surface area (Å²) < 4.78 is 10.8. The molecule has 0 atom stereocenters. The Morgan fingerprint density at radius 1 is 1.00 bits per heavy atom. The molecular weight excluding hydrogens is 218 g/mol. The standard InChI is InChI=1S/C12H27N3O2/c1-4-6-8-16-10-11-17-9-7-15-12(13-3)14-5-2/h4-11H2,1-3H3,(H2,13,14,15). The first-order chi connectivity index (χ1) is 8.35. The fourth-order valence-corrected chi connectivity index (χ4v) is 1.20. The number of nitrogens with zero attached hydrogens (tertiary/aromatic N) is 1. The van der Waals surface area contributed by atoms with Crippen molar-refractivity contribution in [2.75, 3.05) is 46.6 Å². The highest BCUT2D eigenvalue weighted by Crippen LogP contribution is 1.87. The number of nitrogens with one attached hydrogen (secondary N) is 2. The molecule has 0 aromatic carbocycles. The number of rotatable bonds is 10. The lowest BCUT2D eigenvalue weighted by Crippen LogP contribution is -2.38. The summed E-state index contributed by atoms with van der Waals surface area (Å²) in [5, 5.41) is 6.27. The van der Waals surface area contributed by atoms with E-state index in [-0.39, 0.29) is 0 Å². The number of ether oxygens (including phenoxy) is 2. The second-order valence-electron chi connectivity index (χ2n) is 3.61. The maximum absolute atomic E-state index is 5.42. The van der Waals surface area contributed by atoms with Crippen LogP contribution in [0.3, 0.4) is 0 Å². The monoisotopic (exact) mass is 245 g/mol. The highest BCUT2D eigenvalue weighted by Gasteiger charge is 1.94. The van der Waals surface area contributed by atoms with E-state index in [2.05, 4.69) is 22.5 Å². The summed E-state index contributed by atoms with van der Waals surface area (Å²) in [6, 6.07) is 0. The molecule has 5 nitrogen and oxygen atoms in total. The number of hydrogen-bond donors (Lipinski definition) is 2. The number of unbranched alkanes of at least 4 members (excludes halogenated alkanes) is 1. The molecule has 0 rings (SSSR count). The Morgan fingerprint density at radius 3 is 2.29 bits per heavy atom. The molecule has 0 saturated carbocycles. The summed E-state index contributed by atoms with van der Waals surface area (Å²) in [5.41, 5.74) is 0. The van der Waals surface area contributed by atoms with E-state index >= 15 is 0 Å². The normalized spacial score (nSPS) is 11.6. The average Bonchev–Trinajstić information content (AvgIpc) is 2.35. The summed E-state index contributed by atoms with van der Waals surface area (Å²) in [7, 11) is 1.76. The molecule has 0 aliphatic rings. The first-order valence-corrected chi connectivity index (χ1v) is 6.45. The van der Waals surface area contributed by atoms with Crippen LogP contribution >= 0.6 is 0 Å². The van der Waals surface area contributed by atoms with Gasteiger partial charge in [0.25, 0.3) is 0 Å². The van der Waals surface area contributed by atoms with Crippen LogP contribution in [0.25, 0.3) is 0 Å². The van der Waals surface area contributed by atoms with E-state index in [4.69, 9.17) is 9.47 Å². The first kappa shape index (κ1) is 16.2. The minimum Gasteiger partial charge on any atom is -0.379 e. The van der Waals surface area contributed by atoms with Crippen LogP contribution in [0.4, 0.5) is 0 Å². The summed E-state index contributed by atoms with van der Waals surface area (Å²) in [5.74, 6) is 0.815. The van der Waals surface area contributed by atoms with Crippen molar-refractivity contribution < 1.29 is 9.47 Å². The van der Waals surface area contributed by atoms with Crippen LogP contribution in [0.1, 0.15) is 26.7 Å². The number of guanidine groups is 1. The molecule has 5 heteroatoms. The third kappa shape index (κ3) is 11.5. The van der Waals surface area contributed by atoms with Gasteiger partial charge >= 0.3 is 0 Å². The quantitative estimate of drug-likeness (QED) is 0.342. The van der Waals surface area contributed by atoms with Gasteiger partial charge in [-0.1, -0.05) is 13.3 Å². The lowest BCUT2D eigenvalue weighted by Gasteiger charge is -2.10. The smallest absolute Gasteiger partial charge is 0.191 e. The fraction of sp³-hybridized carbons (Fsp3) is 0.917. The summed E-state index contributed by atoms with van der Waals surface area (Å²) in [4.78, 5) is 4.06. The van der Waals surface area contributed by atoms with Gasteiger partial charge in [0.15, 0.2) is 5.96 Å². The van der Waals surface area contributed by atoms with E-state index in [1.54, 1.807) is 7.05 Å². The molecule has 102 valence electrons. The van der Waals surface area contributed by atoms with Gasteiger partial charge in [-0.3, -0.25) is 4.99 Å². The molecule has 0 aliphatic carbocycles. The predicted octanol–water partition coefficient (Wildman–Crippen LogP) is 1.00.